The number of hydrogen-bond donors (Lipinski definition) is 1. The van der Waals surface area contributed by atoms with E-state index >= 15 is 0 Å². The maximum Gasteiger partial charge on any atom is 0.253 e. The molecule has 1 fully saturated rings. The third-order valence-corrected chi connectivity index (χ3v) is 4.63. The van der Waals surface area contributed by atoms with Gasteiger partial charge in [-0.2, -0.15) is 0 Å². The molecule has 1 atom stereocenters. The van der Waals surface area contributed by atoms with E-state index in [1.165, 1.54) is 4.90 Å². The van der Waals surface area contributed by atoms with Crippen molar-refractivity contribution in [2.75, 3.05) is 30.9 Å². The van der Waals surface area contributed by atoms with Crippen LogP contribution in [-0.2, 0) is 9.59 Å². The molecule has 0 saturated carbocycles. The summed E-state index contributed by atoms with van der Waals surface area (Å²) in [7, 11) is 3.34. The van der Waals surface area contributed by atoms with Crippen LogP contribution in [0.5, 0.6) is 0 Å². The molecule has 0 aliphatic carbocycles. The molecule has 3 amide bonds. The maximum atomic E-state index is 12.6. The second-order valence-corrected chi connectivity index (χ2v) is 7.09. The van der Waals surface area contributed by atoms with E-state index in [0.717, 1.165) is 0 Å². The van der Waals surface area contributed by atoms with Crippen LogP contribution in [0.2, 0.25) is 5.02 Å². The van der Waals surface area contributed by atoms with Crippen molar-refractivity contribution in [3.63, 3.8) is 0 Å². The van der Waals surface area contributed by atoms with Crippen molar-refractivity contribution >= 4 is 40.7 Å². The average molecular weight is 386 g/mol. The summed E-state index contributed by atoms with van der Waals surface area (Å²) in [6, 6.07) is 13.8. The van der Waals surface area contributed by atoms with Crippen LogP contribution in [0.1, 0.15) is 16.8 Å². The molecule has 0 aromatic heterocycles. The van der Waals surface area contributed by atoms with Gasteiger partial charge in [-0.15, -0.1) is 0 Å². The van der Waals surface area contributed by atoms with Gasteiger partial charge < -0.3 is 15.1 Å². The smallest absolute Gasteiger partial charge is 0.253 e. The van der Waals surface area contributed by atoms with Gasteiger partial charge in [0.15, 0.2) is 0 Å². The van der Waals surface area contributed by atoms with Gasteiger partial charge in [-0.3, -0.25) is 14.4 Å². The fourth-order valence-electron chi connectivity index (χ4n) is 3.01. The number of benzene rings is 2. The first-order valence-electron chi connectivity index (χ1n) is 8.53. The first-order valence-corrected chi connectivity index (χ1v) is 8.91. The number of nitrogens with zero attached hydrogens (tertiary/aromatic N) is 2. The minimum Gasteiger partial charge on any atom is -0.345 e. The highest BCUT2D eigenvalue weighted by atomic mass is 35.5. The second-order valence-electron chi connectivity index (χ2n) is 6.65. The summed E-state index contributed by atoms with van der Waals surface area (Å²) in [4.78, 5) is 40.0. The van der Waals surface area contributed by atoms with Gasteiger partial charge in [0.25, 0.3) is 5.91 Å². The standard InChI is InChI=1S/C20H20ClN3O3/c1-23(2)20(27)13-5-3-7-16(9-13)22-19(26)14-10-18(25)24(12-14)17-8-4-6-15(21)11-17/h3-9,11,14H,10,12H2,1-2H3,(H,22,26)/t14-/m1/s1. The molecule has 1 saturated heterocycles. The van der Waals surface area contributed by atoms with E-state index in [1.807, 2.05) is 0 Å². The number of nitrogens with one attached hydrogen (secondary N) is 1. The number of rotatable bonds is 4. The van der Waals surface area contributed by atoms with Crippen molar-refractivity contribution in [3.05, 3.63) is 59.1 Å². The molecule has 1 aliphatic rings. The van der Waals surface area contributed by atoms with Crippen LogP contribution < -0.4 is 10.2 Å². The minimum absolute atomic E-state index is 0.117. The van der Waals surface area contributed by atoms with E-state index in [2.05, 4.69) is 5.32 Å². The first-order chi connectivity index (χ1) is 12.8. The van der Waals surface area contributed by atoms with Crippen LogP contribution in [0.4, 0.5) is 11.4 Å². The summed E-state index contributed by atoms with van der Waals surface area (Å²) >= 11 is 5.99. The lowest BCUT2D eigenvalue weighted by Gasteiger charge is -2.17. The normalized spacial score (nSPS) is 16.3. The van der Waals surface area contributed by atoms with Crippen LogP contribution in [0.25, 0.3) is 0 Å². The molecule has 6 nitrogen and oxygen atoms in total. The molecule has 140 valence electrons. The van der Waals surface area contributed by atoms with E-state index in [1.54, 1.807) is 67.5 Å². The third-order valence-electron chi connectivity index (χ3n) is 4.40. The predicted octanol–water partition coefficient (Wildman–Crippen LogP) is 3.03. The van der Waals surface area contributed by atoms with E-state index in [4.69, 9.17) is 11.6 Å². The Morgan fingerprint density at radius 1 is 1.15 bits per heavy atom. The Balaban J connectivity index is 1.70. The molecule has 7 heteroatoms. The van der Waals surface area contributed by atoms with Gasteiger partial charge in [-0.1, -0.05) is 23.7 Å². The van der Waals surface area contributed by atoms with Gasteiger partial charge in [-0.05, 0) is 36.4 Å². The lowest BCUT2D eigenvalue weighted by atomic mass is 10.1. The predicted molar refractivity (Wildman–Crippen MR) is 105 cm³/mol. The van der Waals surface area contributed by atoms with Crippen LogP contribution in [0, 0.1) is 5.92 Å². The summed E-state index contributed by atoms with van der Waals surface area (Å²) in [6.07, 6.45) is 0.134. The Hall–Kier alpha value is -2.86. The molecule has 0 unspecified atom stereocenters. The van der Waals surface area contributed by atoms with E-state index in [-0.39, 0.29) is 24.1 Å². The molecule has 0 bridgehead atoms. The highest BCUT2D eigenvalue weighted by Gasteiger charge is 2.35. The quantitative estimate of drug-likeness (QED) is 0.879. The fraction of sp³-hybridized carbons (Fsp3) is 0.250. The molecule has 1 N–H and O–H groups in total. The number of hydrogen-bond acceptors (Lipinski definition) is 3. The Morgan fingerprint density at radius 3 is 2.59 bits per heavy atom. The molecule has 0 radical (unpaired) electrons. The first kappa shape index (κ1) is 18.9. The summed E-state index contributed by atoms with van der Waals surface area (Å²) < 4.78 is 0. The van der Waals surface area contributed by atoms with Gasteiger partial charge in [0, 0.05) is 49.0 Å². The van der Waals surface area contributed by atoms with Crippen LogP contribution in [-0.4, -0.2) is 43.3 Å². The van der Waals surface area contributed by atoms with E-state index in [0.29, 0.717) is 28.5 Å². The molecule has 3 rings (SSSR count). The van der Waals surface area contributed by atoms with Crippen LogP contribution in [0.3, 0.4) is 0 Å². The van der Waals surface area contributed by atoms with Gasteiger partial charge in [0.2, 0.25) is 11.8 Å². The Labute approximate surface area is 162 Å². The van der Waals surface area contributed by atoms with Crippen molar-refractivity contribution in [3.8, 4) is 0 Å². The zero-order valence-corrected chi connectivity index (χ0v) is 15.9. The summed E-state index contributed by atoms with van der Waals surface area (Å²) in [5, 5.41) is 3.34. The number of amides is 3. The van der Waals surface area contributed by atoms with Crippen molar-refractivity contribution < 1.29 is 14.4 Å². The zero-order chi connectivity index (χ0) is 19.6. The molecular weight excluding hydrogens is 366 g/mol. The third kappa shape index (κ3) is 4.28. The Bertz CT molecular complexity index is 898. The molecule has 1 aliphatic heterocycles. The molecular formula is C20H20ClN3O3. The number of halogens is 1. The second kappa shape index (κ2) is 7.80. The van der Waals surface area contributed by atoms with Gasteiger partial charge in [0.05, 0.1) is 5.92 Å². The van der Waals surface area contributed by atoms with E-state index in [9.17, 15) is 14.4 Å². The van der Waals surface area contributed by atoms with Crippen molar-refractivity contribution in [1.29, 1.82) is 0 Å². The lowest BCUT2D eigenvalue weighted by molar-refractivity contribution is -0.122. The lowest BCUT2D eigenvalue weighted by Crippen LogP contribution is -2.28. The van der Waals surface area contributed by atoms with Gasteiger partial charge >= 0.3 is 0 Å². The minimum atomic E-state index is -0.468. The fourth-order valence-corrected chi connectivity index (χ4v) is 3.19. The molecule has 2 aromatic rings. The maximum absolute atomic E-state index is 12.6. The van der Waals surface area contributed by atoms with Crippen molar-refractivity contribution in [2.24, 2.45) is 5.92 Å². The Morgan fingerprint density at radius 2 is 1.89 bits per heavy atom. The number of carbonyl (C=O) groups is 3. The van der Waals surface area contributed by atoms with Crippen LogP contribution >= 0.6 is 11.6 Å². The summed E-state index contributed by atoms with van der Waals surface area (Å²) in [5.74, 6) is -0.977. The van der Waals surface area contributed by atoms with Crippen molar-refractivity contribution in [1.82, 2.24) is 4.90 Å². The van der Waals surface area contributed by atoms with Gasteiger partial charge in [0.1, 0.15) is 0 Å². The topological polar surface area (TPSA) is 69.7 Å². The number of carbonyl (C=O) groups excluding carboxylic acids is 3. The van der Waals surface area contributed by atoms with Crippen LogP contribution in [0.15, 0.2) is 48.5 Å². The van der Waals surface area contributed by atoms with Gasteiger partial charge in [-0.25, -0.2) is 0 Å². The summed E-state index contributed by atoms with van der Waals surface area (Å²) in [5.41, 5.74) is 1.70. The summed E-state index contributed by atoms with van der Waals surface area (Å²) in [6.45, 7) is 0.293. The average Bonchev–Trinajstić information content (AvgIpc) is 3.03. The number of anilines is 2. The van der Waals surface area contributed by atoms with E-state index < -0.39 is 5.92 Å². The molecule has 2 aromatic carbocycles. The highest BCUT2D eigenvalue weighted by Crippen LogP contribution is 2.28. The van der Waals surface area contributed by atoms with Crippen molar-refractivity contribution in [2.45, 2.75) is 6.42 Å². The highest BCUT2D eigenvalue weighted by molar-refractivity contribution is 6.31. The molecule has 27 heavy (non-hydrogen) atoms. The molecule has 1 heterocycles. The Kier molecular flexibility index (Phi) is 5.46. The zero-order valence-electron chi connectivity index (χ0n) is 15.1. The molecule has 0 spiro atoms. The monoisotopic (exact) mass is 385 g/mol. The SMILES string of the molecule is CN(C)C(=O)c1cccc(NC(=O)[C@@H]2CC(=O)N(c3cccc(Cl)c3)C2)c1. The largest absolute Gasteiger partial charge is 0.345 e.